The van der Waals surface area contributed by atoms with Crippen molar-refractivity contribution in [1.82, 2.24) is 14.8 Å². The number of hydrogen-bond acceptors (Lipinski definition) is 5. The Labute approximate surface area is 167 Å². The van der Waals surface area contributed by atoms with Crippen molar-refractivity contribution >= 4 is 44.7 Å². The summed E-state index contributed by atoms with van der Waals surface area (Å²) in [5.41, 5.74) is 1.74. The number of amides is 1. The number of nitrogens with zero attached hydrogens (tertiary/aromatic N) is 3. The molecule has 0 atom stereocenters. The third-order valence-electron chi connectivity index (χ3n) is 4.68. The molecule has 27 heavy (non-hydrogen) atoms. The third kappa shape index (κ3) is 4.65. The molecule has 5 nitrogen and oxygen atoms in total. The fourth-order valence-corrected chi connectivity index (χ4v) is 4.43. The van der Waals surface area contributed by atoms with Crippen molar-refractivity contribution in [2.45, 2.75) is 6.54 Å². The molecule has 0 aliphatic carbocycles. The Morgan fingerprint density at radius 2 is 1.74 bits per heavy atom. The minimum Gasteiger partial charge on any atom is -0.324 e. The van der Waals surface area contributed by atoms with Crippen LogP contribution in [0.5, 0.6) is 0 Å². The molecule has 7 heteroatoms. The Morgan fingerprint density at radius 1 is 1.04 bits per heavy atom. The summed E-state index contributed by atoms with van der Waals surface area (Å²) < 4.78 is 1.24. The van der Waals surface area contributed by atoms with E-state index in [1.807, 2.05) is 24.3 Å². The lowest BCUT2D eigenvalue weighted by Crippen LogP contribution is -2.48. The van der Waals surface area contributed by atoms with Crippen molar-refractivity contribution in [2.75, 3.05) is 38.0 Å². The maximum Gasteiger partial charge on any atom is 0.238 e. The highest BCUT2D eigenvalue weighted by atomic mass is 35.5. The van der Waals surface area contributed by atoms with Crippen LogP contribution < -0.4 is 5.32 Å². The number of carbonyl (C=O) groups excluding carboxylic acids is 1. The maximum atomic E-state index is 12.3. The van der Waals surface area contributed by atoms with Crippen molar-refractivity contribution in [3.05, 3.63) is 58.6 Å². The van der Waals surface area contributed by atoms with Crippen molar-refractivity contribution in [1.29, 1.82) is 0 Å². The first kappa shape index (κ1) is 18.4. The van der Waals surface area contributed by atoms with E-state index in [-0.39, 0.29) is 5.91 Å². The molecule has 1 amide bonds. The summed E-state index contributed by atoms with van der Waals surface area (Å²) in [6, 6.07) is 15.6. The molecule has 1 aromatic heterocycles. The van der Waals surface area contributed by atoms with E-state index in [9.17, 15) is 4.79 Å². The van der Waals surface area contributed by atoms with Gasteiger partial charge in [0.25, 0.3) is 0 Å². The number of hydrogen-bond donors (Lipinski definition) is 1. The normalized spacial score (nSPS) is 15.9. The second-order valence-corrected chi connectivity index (χ2v) is 8.18. The van der Waals surface area contributed by atoms with E-state index in [0.717, 1.165) is 43.2 Å². The number of benzene rings is 2. The first-order valence-corrected chi connectivity index (χ1v) is 10.2. The van der Waals surface area contributed by atoms with Gasteiger partial charge in [-0.05, 0) is 24.3 Å². The Bertz CT molecular complexity index is 903. The standard InChI is InChI=1S/C20H21ClN4OS/c21-15-5-1-2-6-16(15)22-19(26)13-24-9-11-25(12-10-24)14-20-23-17-7-3-4-8-18(17)27-20/h1-8H,9-14H2,(H,22,26). The first-order valence-electron chi connectivity index (χ1n) is 9.01. The highest BCUT2D eigenvalue weighted by Crippen LogP contribution is 2.23. The summed E-state index contributed by atoms with van der Waals surface area (Å²) >= 11 is 7.86. The second kappa shape index (κ2) is 8.35. The zero-order valence-electron chi connectivity index (χ0n) is 14.9. The van der Waals surface area contributed by atoms with E-state index in [1.54, 1.807) is 17.4 Å². The summed E-state index contributed by atoms with van der Waals surface area (Å²) in [4.78, 5) is 21.6. The number of aromatic nitrogens is 1. The van der Waals surface area contributed by atoms with Gasteiger partial charge in [-0.15, -0.1) is 11.3 Å². The van der Waals surface area contributed by atoms with Crippen LogP contribution in [0.25, 0.3) is 10.2 Å². The molecule has 1 aliphatic rings. The van der Waals surface area contributed by atoms with Gasteiger partial charge in [0.2, 0.25) is 5.91 Å². The Morgan fingerprint density at radius 3 is 2.52 bits per heavy atom. The molecule has 0 saturated carbocycles. The van der Waals surface area contributed by atoms with Gasteiger partial charge in [-0.2, -0.15) is 0 Å². The van der Waals surface area contributed by atoms with Gasteiger partial charge >= 0.3 is 0 Å². The van der Waals surface area contributed by atoms with Gasteiger partial charge < -0.3 is 5.32 Å². The molecule has 1 aliphatic heterocycles. The lowest BCUT2D eigenvalue weighted by molar-refractivity contribution is -0.117. The largest absolute Gasteiger partial charge is 0.324 e. The molecule has 0 radical (unpaired) electrons. The van der Waals surface area contributed by atoms with E-state index < -0.39 is 0 Å². The fourth-order valence-electron chi connectivity index (χ4n) is 3.24. The molecule has 0 bridgehead atoms. The van der Waals surface area contributed by atoms with E-state index >= 15 is 0 Å². The highest BCUT2D eigenvalue weighted by molar-refractivity contribution is 7.18. The molecule has 2 heterocycles. The Balaban J connectivity index is 1.26. The number of anilines is 1. The van der Waals surface area contributed by atoms with E-state index in [0.29, 0.717) is 17.3 Å². The summed E-state index contributed by atoms with van der Waals surface area (Å²) in [6.07, 6.45) is 0. The average Bonchev–Trinajstić information content (AvgIpc) is 3.07. The minimum absolute atomic E-state index is 0.0253. The lowest BCUT2D eigenvalue weighted by Gasteiger charge is -2.33. The first-order chi connectivity index (χ1) is 13.2. The number of carbonyl (C=O) groups is 1. The quantitative estimate of drug-likeness (QED) is 0.709. The van der Waals surface area contributed by atoms with Crippen LogP contribution in [-0.4, -0.2) is 53.4 Å². The number of fused-ring (bicyclic) bond motifs is 1. The van der Waals surface area contributed by atoms with Crippen molar-refractivity contribution < 1.29 is 4.79 Å². The molecule has 1 fully saturated rings. The smallest absolute Gasteiger partial charge is 0.238 e. The summed E-state index contributed by atoms with van der Waals surface area (Å²) in [7, 11) is 0. The van der Waals surface area contributed by atoms with E-state index in [4.69, 9.17) is 16.6 Å². The summed E-state index contributed by atoms with van der Waals surface area (Å²) in [5, 5.41) is 4.60. The van der Waals surface area contributed by atoms with Crippen LogP contribution in [0, 0.1) is 0 Å². The van der Waals surface area contributed by atoms with Gasteiger partial charge in [-0.3, -0.25) is 14.6 Å². The molecule has 3 aromatic rings. The lowest BCUT2D eigenvalue weighted by atomic mass is 10.3. The Kier molecular flexibility index (Phi) is 5.69. The SMILES string of the molecule is O=C(CN1CCN(Cc2nc3ccccc3s2)CC1)Nc1ccccc1Cl. The van der Waals surface area contributed by atoms with Crippen LogP contribution in [-0.2, 0) is 11.3 Å². The van der Waals surface area contributed by atoms with E-state index in [2.05, 4.69) is 33.3 Å². The maximum absolute atomic E-state index is 12.3. The number of nitrogens with one attached hydrogen (secondary N) is 1. The van der Waals surface area contributed by atoms with Gasteiger partial charge in [0, 0.05) is 26.2 Å². The zero-order chi connectivity index (χ0) is 18.6. The average molecular weight is 401 g/mol. The minimum atomic E-state index is -0.0253. The topological polar surface area (TPSA) is 48.5 Å². The summed E-state index contributed by atoms with van der Waals surface area (Å²) in [5.74, 6) is -0.0253. The van der Waals surface area contributed by atoms with Gasteiger partial charge in [0.1, 0.15) is 5.01 Å². The molecular weight excluding hydrogens is 380 g/mol. The predicted octanol–water partition coefficient (Wildman–Crippen LogP) is 3.71. The zero-order valence-corrected chi connectivity index (χ0v) is 16.5. The molecular formula is C20H21ClN4OS. The predicted molar refractivity (Wildman–Crippen MR) is 111 cm³/mol. The van der Waals surface area contributed by atoms with Crippen molar-refractivity contribution in [3.63, 3.8) is 0 Å². The van der Waals surface area contributed by atoms with Crippen LogP contribution in [0.15, 0.2) is 48.5 Å². The molecule has 2 aromatic carbocycles. The highest BCUT2D eigenvalue weighted by Gasteiger charge is 2.20. The fraction of sp³-hybridized carbons (Fsp3) is 0.300. The van der Waals surface area contributed by atoms with Crippen LogP contribution in [0.1, 0.15) is 5.01 Å². The van der Waals surface area contributed by atoms with Crippen LogP contribution >= 0.6 is 22.9 Å². The second-order valence-electron chi connectivity index (χ2n) is 6.66. The molecule has 0 spiro atoms. The molecule has 140 valence electrons. The van der Waals surface area contributed by atoms with Gasteiger partial charge in [0.15, 0.2) is 0 Å². The number of thiazole rings is 1. The number of rotatable bonds is 5. The number of piperazine rings is 1. The van der Waals surface area contributed by atoms with Gasteiger partial charge in [-0.25, -0.2) is 4.98 Å². The molecule has 4 rings (SSSR count). The molecule has 1 N–H and O–H groups in total. The van der Waals surface area contributed by atoms with Crippen LogP contribution in [0.3, 0.4) is 0 Å². The molecule has 0 unspecified atom stereocenters. The van der Waals surface area contributed by atoms with Crippen molar-refractivity contribution in [3.8, 4) is 0 Å². The van der Waals surface area contributed by atoms with Crippen LogP contribution in [0.2, 0.25) is 5.02 Å². The molecule has 1 saturated heterocycles. The summed E-state index contributed by atoms with van der Waals surface area (Å²) in [6.45, 7) is 4.89. The van der Waals surface area contributed by atoms with Gasteiger partial charge in [-0.1, -0.05) is 35.9 Å². The monoisotopic (exact) mass is 400 g/mol. The number of para-hydroxylation sites is 2. The van der Waals surface area contributed by atoms with Crippen LogP contribution in [0.4, 0.5) is 5.69 Å². The number of halogens is 1. The Hall–Kier alpha value is -1.99. The van der Waals surface area contributed by atoms with Crippen molar-refractivity contribution in [2.24, 2.45) is 0 Å². The third-order valence-corrected chi connectivity index (χ3v) is 6.03. The van der Waals surface area contributed by atoms with Gasteiger partial charge in [0.05, 0.1) is 34.0 Å². The van der Waals surface area contributed by atoms with E-state index in [1.165, 1.54) is 4.70 Å².